The van der Waals surface area contributed by atoms with Gasteiger partial charge in [-0.1, -0.05) is 6.08 Å². The average Bonchev–Trinajstić information content (AvgIpc) is 2.30. The van der Waals surface area contributed by atoms with Crippen LogP contribution in [0.15, 0.2) is 23.8 Å². The Morgan fingerprint density at radius 3 is 2.67 bits per heavy atom. The highest BCUT2D eigenvalue weighted by Crippen LogP contribution is 2.28. The Balaban J connectivity index is 2.90. The highest BCUT2D eigenvalue weighted by atomic mass is 32.2. The molecule has 5 heteroatoms. The SMILES string of the molecule is C=CCC1=C(C)C(OS(C)(=O)=O)CC1=O. The predicted octanol–water partition coefficient (Wildman–Crippen LogP) is 1.20. The first-order valence-corrected chi connectivity index (χ1v) is 6.39. The highest BCUT2D eigenvalue weighted by molar-refractivity contribution is 7.86. The lowest BCUT2D eigenvalue weighted by Gasteiger charge is -2.09. The molecule has 1 unspecified atom stereocenters. The number of Topliss-reactive ketones (excluding diaryl/α,β-unsaturated/α-hetero) is 1. The molecule has 0 fully saturated rings. The van der Waals surface area contributed by atoms with E-state index < -0.39 is 16.2 Å². The zero-order chi connectivity index (χ0) is 11.6. The van der Waals surface area contributed by atoms with Crippen molar-refractivity contribution in [2.45, 2.75) is 25.9 Å². The van der Waals surface area contributed by atoms with Gasteiger partial charge in [0.25, 0.3) is 10.1 Å². The minimum atomic E-state index is -3.51. The average molecular weight is 230 g/mol. The Morgan fingerprint density at radius 2 is 2.20 bits per heavy atom. The number of ketones is 1. The summed E-state index contributed by atoms with van der Waals surface area (Å²) in [5, 5.41) is 0. The second kappa shape index (κ2) is 4.28. The molecule has 0 spiro atoms. The first kappa shape index (κ1) is 12.1. The van der Waals surface area contributed by atoms with Crippen LogP contribution in [-0.2, 0) is 19.1 Å². The second-order valence-corrected chi connectivity index (χ2v) is 5.17. The molecule has 84 valence electrons. The molecule has 0 N–H and O–H groups in total. The number of hydrogen-bond acceptors (Lipinski definition) is 4. The van der Waals surface area contributed by atoms with Crippen molar-refractivity contribution < 1.29 is 17.4 Å². The fraction of sp³-hybridized carbons (Fsp3) is 0.500. The molecule has 0 bridgehead atoms. The van der Waals surface area contributed by atoms with Crippen LogP contribution >= 0.6 is 0 Å². The Bertz CT molecular complexity index is 417. The Morgan fingerprint density at radius 1 is 1.60 bits per heavy atom. The highest BCUT2D eigenvalue weighted by Gasteiger charge is 2.31. The van der Waals surface area contributed by atoms with E-state index in [1.54, 1.807) is 13.0 Å². The van der Waals surface area contributed by atoms with Gasteiger partial charge in [-0.15, -0.1) is 6.58 Å². The van der Waals surface area contributed by atoms with E-state index in [9.17, 15) is 13.2 Å². The standard InChI is InChI=1S/C10H14O4S/c1-4-5-8-7(2)10(6-9(8)11)14-15(3,12)13/h4,10H,1,5-6H2,2-3H3. The lowest BCUT2D eigenvalue weighted by molar-refractivity contribution is -0.115. The van der Waals surface area contributed by atoms with Gasteiger partial charge in [0.2, 0.25) is 0 Å². The van der Waals surface area contributed by atoms with E-state index in [1.165, 1.54) is 0 Å². The van der Waals surface area contributed by atoms with Crippen molar-refractivity contribution in [3.63, 3.8) is 0 Å². The zero-order valence-electron chi connectivity index (χ0n) is 8.82. The first-order valence-electron chi connectivity index (χ1n) is 4.57. The Labute approximate surface area is 89.7 Å². The van der Waals surface area contributed by atoms with Crippen LogP contribution in [-0.4, -0.2) is 26.6 Å². The predicted molar refractivity (Wildman–Crippen MR) is 56.9 cm³/mol. The molecule has 0 aliphatic heterocycles. The lowest BCUT2D eigenvalue weighted by Crippen LogP contribution is -2.16. The van der Waals surface area contributed by atoms with Gasteiger partial charge in [-0.2, -0.15) is 8.42 Å². The number of allylic oxidation sites excluding steroid dienone is 2. The molecule has 1 aliphatic rings. The summed E-state index contributed by atoms with van der Waals surface area (Å²) < 4.78 is 26.7. The molecule has 0 saturated carbocycles. The number of carbonyl (C=O) groups excluding carboxylic acids is 1. The van der Waals surface area contributed by atoms with E-state index in [1.807, 2.05) is 0 Å². The smallest absolute Gasteiger partial charge is 0.264 e. The van der Waals surface area contributed by atoms with Gasteiger partial charge in [0, 0.05) is 12.0 Å². The molecular weight excluding hydrogens is 216 g/mol. The van der Waals surface area contributed by atoms with Crippen LogP contribution in [0.1, 0.15) is 19.8 Å². The summed E-state index contributed by atoms with van der Waals surface area (Å²) in [6, 6.07) is 0. The van der Waals surface area contributed by atoms with Gasteiger partial charge in [0.05, 0.1) is 6.26 Å². The zero-order valence-corrected chi connectivity index (χ0v) is 9.63. The first-order chi connectivity index (χ1) is 6.85. The largest absolute Gasteiger partial charge is 0.294 e. The van der Waals surface area contributed by atoms with E-state index in [0.717, 1.165) is 6.26 Å². The summed E-state index contributed by atoms with van der Waals surface area (Å²) in [4.78, 5) is 11.5. The molecule has 0 amide bonds. The summed E-state index contributed by atoms with van der Waals surface area (Å²) in [6.07, 6.45) is 2.56. The fourth-order valence-electron chi connectivity index (χ4n) is 1.60. The van der Waals surface area contributed by atoms with Gasteiger partial charge in [-0.25, -0.2) is 0 Å². The monoisotopic (exact) mass is 230 g/mol. The third-order valence-corrected chi connectivity index (χ3v) is 2.89. The van der Waals surface area contributed by atoms with Crippen LogP contribution in [0.4, 0.5) is 0 Å². The maximum atomic E-state index is 11.5. The van der Waals surface area contributed by atoms with Crippen molar-refractivity contribution in [3.8, 4) is 0 Å². The van der Waals surface area contributed by atoms with Crippen LogP contribution in [0.2, 0.25) is 0 Å². The number of carbonyl (C=O) groups is 1. The summed E-state index contributed by atoms with van der Waals surface area (Å²) in [5.74, 6) is -0.0546. The maximum absolute atomic E-state index is 11.5. The minimum absolute atomic E-state index is 0.0546. The molecule has 1 rings (SSSR count). The maximum Gasteiger partial charge on any atom is 0.264 e. The van der Waals surface area contributed by atoms with Crippen molar-refractivity contribution in [1.29, 1.82) is 0 Å². The Hall–Kier alpha value is -0.940. The second-order valence-electron chi connectivity index (χ2n) is 3.57. The Kier molecular flexibility index (Phi) is 3.46. The van der Waals surface area contributed by atoms with Crippen molar-refractivity contribution in [1.82, 2.24) is 0 Å². The quantitative estimate of drug-likeness (QED) is 0.537. The minimum Gasteiger partial charge on any atom is -0.294 e. The van der Waals surface area contributed by atoms with Crippen LogP contribution in [0.3, 0.4) is 0 Å². The van der Waals surface area contributed by atoms with Crippen LogP contribution in [0.5, 0.6) is 0 Å². The third-order valence-electron chi connectivity index (χ3n) is 2.31. The molecule has 1 aliphatic carbocycles. The van der Waals surface area contributed by atoms with Gasteiger partial charge in [0.15, 0.2) is 5.78 Å². The molecular formula is C10H14O4S. The summed E-state index contributed by atoms with van der Waals surface area (Å²) in [6.45, 7) is 5.27. The van der Waals surface area contributed by atoms with Crippen molar-refractivity contribution >= 4 is 15.9 Å². The van der Waals surface area contributed by atoms with Gasteiger partial charge < -0.3 is 0 Å². The van der Waals surface area contributed by atoms with Gasteiger partial charge in [0.1, 0.15) is 6.10 Å². The van der Waals surface area contributed by atoms with Crippen LogP contribution in [0, 0.1) is 0 Å². The van der Waals surface area contributed by atoms with Gasteiger partial charge in [-0.3, -0.25) is 8.98 Å². The van der Waals surface area contributed by atoms with Crippen molar-refractivity contribution in [2.24, 2.45) is 0 Å². The molecule has 1 atom stereocenters. The van der Waals surface area contributed by atoms with Crippen LogP contribution in [0.25, 0.3) is 0 Å². The normalized spacial score (nSPS) is 22.3. The fourth-order valence-corrected chi connectivity index (χ4v) is 2.23. The third kappa shape index (κ3) is 3.00. The summed E-state index contributed by atoms with van der Waals surface area (Å²) >= 11 is 0. The molecule has 15 heavy (non-hydrogen) atoms. The number of hydrogen-bond donors (Lipinski definition) is 0. The van der Waals surface area contributed by atoms with E-state index in [4.69, 9.17) is 4.18 Å². The lowest BCUT2D eigenvalue weighted by atomic mass is 10.1. The van der Waals surface area contributed by atoms with E-state index in [-0.39, 0.29) is 12.2 Å². The molecule has 0 radical (unpaired) electrons. The molecule has 0 aromatic rings. The van der Waals surface area contributed by atoms with E-state index >= 15 is 0 Å². The van der Waals surface area contributed by atoms with Crippen molar-refractivity contribution in [2.75, 3.05) is 6.26 Å². The molecule has 0 aromatic heterocycles. The summed E-state index contributed by atoms with van der Waals surface area (Å²) in [5.41, 5.74) is 1.32. The van der Waals surface area contributed by atoms with Gasteiger partial charge in [-0.05, 0) is 18.9 Å². The van der Waals surface area contributed by atoms with E-state index in [0.29, 0.717) is 17.6 Å². The van der Waals surface area contributed by atoms with Crippen LogP contribution < -0.4 is 0 Å². The van der Waals surface area contributed by atoms with Crippen molar-refractivity contribution in [3.05, 3.63) is 23.8 Å². The topological polar surface area (TPSA) is 60.4 Å². The summed E-state index contributed by atoms with van der Waals surface area (Å²) in [7, 11) is -3.51. The molecule has 0 saturated heterocycles. The molecule has 0 heterocycles. The van der Waals surface area contributed by atoms with Gasteiger partial charge >= 0.3 is 0 Å². The number of rotatable bonds is 4. The van der Waals surface area contributed by atoms with E-state index in [2.05, 4.69) is 6.58 Å². The molecule has 4 nitrogen and oxygen atoms in total. The molecule has 0 aromatic carbocycles.